The molecule has 0 radical (unpaired) electrons. The summed E-state index contributed by atoms with van der Waals surface area (Å²) in [5.74, 6) is -0.428. The van der Waals surface area contributed by atoms with Gasteiger partial charge >= 0.3 is 5.97 Å². The fourth-order valence-corrected chi connectivity index (χ4v) is 2.43. The van der Waals surface area contributed by atoms with Crippen LogP contribution in [0.1, 0.15) is 29.2 Å². The molecule has 0 saturated carbocycles. The molecule has 1 N–H and O–H groups in total. The van der Waals surface area contributed by atoms with Crippen LogP contribution in [0, 0.1) is 6.92 Å². The Labute approximate surface area is 116 Å². The lowest BCUT2D eigenvalue weighted by Crippen LogP contribution is -2.36. The summed E-state index contributed by atoms with van der Waals surface area (Å²) in [5.41, 5.74) is 0.607. The molecule has 0 bridgehead atoms. The van der Waals surface area contributed by atoms with Crippen molar-refractivity contribution < 1.29 is 14.3 Å². The van der Waals surface area contributed by atoms with Crippen LogP contribution in [0.5, 0.6) is 0 Å². The highest BCUT2D eigenvalue weighted by molar-refractivity contribution is 7.17. The Morgan fingerprint density at radius 1 is 1.47 bits per heavy atom. The highest BCUT2D eigenvalue weighted by Crippen LogP contribution is 2.24. The van der Waals surface area contributed by atoms with Crippen molar-refractivity contribution in [2.24, 2.45) is 0 Å². The van der Waals surface area contributed by atoms with E-state index in [0.29, 0.717) is 22.3 Å². The lowest BCUT2D eigenvalue weighted by molar-refractivity contribution is -0.129. The van der Waals surface area contributed by atoms with E-state index >= 15 is 0 Å². The Morgan fingerprint density at radius 3 is 2.63 bits per heavy atom. The Morgan fingerprint density at radius 2 is 2.11 bits per heavy atom. The molecule has 6 nitrogen and oxygen atoms in total. The number of hydrogen-bond donors (Lipinski definition) is 1. The number of aromatic nitrogens is 1. The predicted octanol–water partition coefficient (Wildman–Crippen LogP) is 1.52. The second-order valence-electron chi connectivity index (χ2n) is 4.25. The van der Waals surface area contributed by atoms with Crippen molar-refractivity contribution in [2.45, 2.75) is 26.8 Å². The summed E-state index contributed by atoms with van der Waals surface area (Å²) in [6.07, 6.45) is 0. The molecule has 0 aliphatic heterocycles. The first-order valence-electron chi connectivity index (χ1n) is 5.99. The Kier molecular flexibility index (Phi) is 5.29. The molecule has 1 aromatic heterocycles. The van der Waals surface area contributed by atoms with Crippen molar-refractivity contribution in [1.82, 2.24) is 9.88 Å². The van der Waals surface area contributed by atoms with E-state index in [2.05, 4.69) is 10.3 Å². The third-order valence-corrected chi connectivity index (χ3v) is 3.48. The number of thiazole rings is 1. The monoisotopic (exact) mass is 285 g/mol. The van der Waals surface area contributed by atoms with Crippen molar-refractivity contribution in [3.8, 4) is 0 Å². The number of esters is 1. The summed E-state index contributed by atoms with van der Waals surface area (Å²) < 4.78 is 4.94. The standard InChI is InChI=1S/C12H19N3O3S/c1-6-18-11(17)9-7(2)13-12(19-9)14-8(3)10(16)15(4)5/h8H,6H2,1-5H3,(H,13,14)/t8-/m0/s1. The van der Waals surface area contributed by atoms with Gasteiger partial charge in [0.25, 0.3) is 0 Å². The third kappa shape index (κ3) is 3.92. The Bertz CT molecular complexity index is 471. The number of amides is 1. The zero-order chi connectivity index (χ0) is 14.6. The number of nitrogens with zero attached hydrogens (tertiary/aromatic N) is 2. The highest BCUT2D eigenvalue weighted by atomic mass is 32.1. The molecule has 0 aliphatic rings. The third-order valence-electron chi connectivity index (χ3n) is 2.41. The fourth-order valence-electron chi connectivity index (χ4n) is 1.48. The number of nitrogens with one attached hydrogen (secondary N) is 1. The summed E-state index contributed by atoms with van der Waals surface area (Å²) in [5, 5.41) is 3.53. The number of carbonyl (C=O) groups excluding carboxylic acids is 2. The lowest BCUT2D eigenvalue weighted by atomic mass is 10.3. The number of rotatable bonds is 5. The first-order valence-corrected chi connectivity index (χ1v) is 6.80. The molecule has 0 saturated heterocycles. The number of aryl methyl sites for hydroxylation is 1. The van der Waals surface area contributed by atoms with Crippen LogP contribution < -0.4 is 5.32 Å². The largest absolute Gasteiger partial charge is 0.462 e. The van der Waals surface area contributed by atoms with Gasteiger partial charge in [-0.2, -0.15) is 0 Å². The molecule has 0 fully saturated rings. The van der Waals surface area contributed by atoms with Crippen LogP contribution in [-0.4, -0.2) is 48.5 Å². The number of ether oxygens (including phenoxy) is 1. The number of anilines is 1. The van der Waals surface area contributed by atoms with Gasteiger partial charge in [0.05, 0.1) is 12.3 Å². The fraction of sp³-hybridized carbons (Fsp3) is 0.583. The minimum absolute atomic E-state index is 0.0504. The van der Waals surface area contributed by atoms with E-state index in [1.807, 2.05) is 0 Å². The van der Waals surface area contributed by atoms with Crippen molar-refractivity contribution in [2.75, 3.05) is 26.0 Å². The molecule has 0 aromatic carbocycles. The molecule has 1 aromatic rings. The lowest BCUT2D eigenvalue weighted by Gasteiger charge is -2.17. The average Bonchev–Trinajstić information content (AvgIpc) is 2.69. The number of hydrogen-bond acceptors (Lipinski definition) is 6. The Hall–Kier alpha value is -1.63. The van der Waals surface area contributed by atoms with Crippen LogP contribution in [0.2, 0.25) is 0 Å². The molecule has 1 atom stereocenters. The second-order valence-corrected chi connectivity index (χ2v) is 5.25. The van der Waals surface area contributed by atoms with E-state index in [1.54, 1.807) is 34.9 Å². The maximum Gasteiger partial charge on any atom is 0.350 e. The van der Waals surface area contributed by atoms with Gasteiger partial charge in [0.2, 0.25) is 5.91 Å². The quantitative estimate of drug-likeness (QED) is 0.830. The Balaban J connectivity index is 2.79. The predicted molar refractivity (Wildman–Crippen MR) is 74.6 cm³/mol. The normalized spacial score (nSPS) is 11.8. The minimum Gasteiger partial charge on any atom is -0.462 e. The average molecular weight is 285 g/mol. The van der Waals surface area contributed by atoms with Gasteiger partial charge in [-0.25, -0.2) is 9.78 Å². The van der Waals surface area contributed by atoms with E-state index in [9.17, 15) is 9.59 Å². The van der Waals surface area contributed by atoms with Crippen LogP contribution in [0.3, 0.4) is 0 Å². The molecule has 1 heterocycles. The van der Waals surface area contributed by atoms with Crippen molar-refractivity contribution in [3.05, 3.63) is 10.6 Å². The SMILES string of the molecule is CCOC(=O)c1sc(N[C@@H](C)C(=O)N(C)C)nc1C. The summed E-state index contributed by atoms with van der Waals surface area (Å²) in [6, 6.07) is -0.393. The van der Waals surface area contributed by atoms with Crippen molar-refractivity contribution in [3.63, 3.8) is 0 Å². The van der Waals surface area contributed by atoms with E-state index in [1.165, 1.54) is 16.2 Å². The van der Waals surface area contributed by atoms with E-state index < -0.39 is 6.04 Å². The van der Waals surface area contributed by atoms with E-state index in [4.69, 9.17) is 4.74 Å². The molecule has 1 rings (SSSR count). The zero-order valence-corrected chi connectivity index (χ0v) is 12.6. The van der Waals surface area contributed by atoms with Crippen LogP contribution in [0.4, 0.5) is 5.13 Å². The second kappa shape index (κ2) is 6.51. The van der Waals surface area contributed by atoms with Gasteiger partial charge in [-0.15, -0.1) is 0 Å². The van der Waals surface area contributed by atoms with Gasteiger partial charge in [0, 0.05) is 14.1 Å². The van der Waals surface area contributed by atoms with Gasteiger partial charge in [-0.1, -0.05) is 11.3 Å². The molecular formula is C12H19N3O3S. The number of likely N-dealkylation sites (N-methyl/N-ethyl adjacent to an activating group) is 1. The zero-order valence-electron chi connectivity index (χ0n) is 11.8. The smallest absolute Gasteiger partial charge is 0.350 e. The molecule has 1 amide bonds. The molecular weight excluding hydrogens is 266 g/mol. The van der Waals surface area contributed by atoms with Gasteiger partial charge in [0.15, 0.2) is 5.13 Å². The van der Waals surface area contributed by atoms with Crippen LogP contribution >= 0.6 is 11.3 Å². The number of carbonyl (C=O) groups is 2. The van der Waals surface area contributed by atoms with Crippen molar-refractivity contribution in [1.29, 1.82) is 0 Å². The summed E-state index contributed by atoms with van der Waals surface area (Å²) >= 11 is 1.20. The van der Waals surface area contributed by atoms with E-state index in [-0.39, 0.29) is 11.9 Å². The van der Waals surface area contributed by atoms with Crippen molar-refractivity contribution >= 4 is 28.3 Å². The van der Waals surface area contributed by atoms with Crippen LogP contribution in [-0.2, 0) is 9.53 Å². The highest BCUT2D eigenvalue weighted by Gasteiger charge is 2.20. The van der Waals surface area contributed by atoms with Crippen LogP contribution in [0.25, 0.3) is 0 Å². The van der Waals surface area contributed by atoms with Gasteiger partial charge in [0.1, 0.15) is 10.9 Å². The van der Waals surface area contributed by atoms with Crippen LogP contribution in [0.15, 0.2) is 0 Å². The van der Waals surface area contributed by atoms with Gasteiger partial charge in [-0.05, 0) is 20.8 Å². The summed E-state index contributed by atoms with van der Waals surface area (Å²) in [6.45, 7) is 5.58. The molecule has 19 heavy (non-hydrogen) atoms. The molecule has 0 spiro atoms. The first-order chi connectivity index (χ1) is 8.86. The maximum atomic E-state index is 11.7. The molecule has 7 heteroatoms. The first kappa shape index (κ1) is 15.4. The minimum atomic E-state index is -0.393. The molecule has 106 valence electrons. The molecule has 0 aliphatic carbocycles. The summed E-state index contributed by atoms with van der Waals surface area (Å²) in [7, 11) is 3.38. The van der Waals surface area contributed by atoms with E-state index in [0.717, 1.165) is 0 Å². The summed E-state index contributed by atoms with van der Waals surface area (Å²) in [4.78, 5) is 29.6. The van der Waals surface area contributed by atoms with Gasteiger partial charge in [-0.3, -0.25) is 4.79 Å². The topological polar surface area (TPSA) is 71.5 Å². The molecule has 0 unspecified atom stereocenters. The maximum absolute atomic E-state index is 11.7. The van der Waals surface area contributed by atoms with Gasteiger partial charge < -0.3 is 15.0 Å².